The highest BCUT2D eigenvalue weighted by atomic mass is 16.6. The predicted molar refractivity (Wildman–Crippen MR) is 79.1 cm³/mol. The highest BCUT2D eigenvalue weighted by Crippen LogP contribution is 2.33. The molecule has 0 saturated heterocycles. The molecule has 3 rings (SSSR count). The molecular formula is C17H16N2O2. The fourth-order valence-corrected chi connectivity index (χ4v) is 2.31. The summed E-state index contributed by atoms with van der Waals surface area (Å²) >= 11 is 0. The quantitative estimate of drug-likeness (QED) is 0.935. The van der Waals surface area contributed by atoms with Crippen molar-refractivity contribution in [3.8, 4) is 17.6 Å². The average molecular weight is 280 g/mol. The van der Waals surface area contributed by atoms with Gasteiger partial charge in [-0.05, 0) is 23.8 Å². The molecule has 21 heavy (non-hydrogen) atoms. The van der Waals surface area contributed by atoms with Crippen molar-refractivity contribution in [1.29, 1.82) is 5.26 Å². The maximum Gasteiger partial charge on any atom is 0.165 e. The SMILES string of the molecule is N#Cc1ccc(CNCc2cccc3c2OCCO3)cc1. The lowest BCUT2D eigenvalue weighted by atomic mass is 10.1. The van der Waals surface area contributed by atoms with Gasteiger partial charge in [-0.3, -0.25) is 0 Å². The number of nitrogens with zero attached hydrogens (tertiary/aromatic N) is 1. The number of para-hydroxylation sites is 1. The van der Waals surface area contributed by atoms with Crippen LogP contribution in [-0.4, -0.2) is 13.2 Å². The molecule has 0 aromatic heterocycles. The smallest absolute Gasteiger partial charge is 0.165 e. The number of rotatable bonds is 4. The van der Waals surface area contributed by atoms with Gasteiger partial charge < -0.3 is 14.8 Å². The fourth-order valence-electron chi connectivity index (χ4n) is 2.31. The molecule has 0 radical (unpaired) electrons. The molecule has 0 unspecified atom stereocenters. The number of fused-ring (bicyclic) bond motifs is 1. The molecule has 0 saturated carbocycles. The predicted octanol–water partition coefficient (Wildman–Crippen LogP) is 2.62. The van der Waals surface area contributed by atoms with Gasteiger partial charge in [-0.15, -0.1) is 0 Å². The minimum absolute atomic E-state index is 0.597. The van der Waals surface area contributed by atoms with Gasteiger partial charge in [-0.1, -0.05) is 24.3 Å². The molecule has 0 fully saturated rings. The van der Waals surface area contributed by atoms with E-state index in [1.54, 1.807) is 0 Å². The highest BCUT2D eigenvalue weighted by Gasteiger charge is 2.14. The average Bonchev–Trinajstić information content (AvgIpc) is 2.56. The van der Waals surface area contributed by atoms with Crippen LogP contribution in [0.5, 0.6) is 11.5 Å². The fraction of sp³-hybridized carbons (Fsp3) is 0.235. The van der Waals surface area contributed by atoms with E-state index in [2.05, 4.69) is 11.4 Å². The van der Waals surface area contributed by atoms with Crippen molar-refractivity contribution in [3.05, 3.63) is 59.2 Å². The zero-order valence-corrected chi connectivity index (χ0v) is 11.6. The second-order valence-electron chi connectivity index (χ2n) is 4.85. The topological polar surface area (TPSA) is 54.3 Å². The van der Waals surface area contributed by atoms with Crippen molar-refractivity contribution < 1.29 is 9.47 Å². The standard InChI is InChI=1S/C17H16N2O2/c18-10-13-4-6-14(7-5-13)11-19-12-15-2-1-3-16-17(15)21-9-8-20-16/h1-7,19H,8-9,11-12H2. The molecule has 0 aliphatic carbocycles. The Morgan fingerprint density at radius 2 is 1.81 bits per heavy atom. The third-order valence-electron chi connectivity index (χ3n) is 3.38. The Labute approximate surface area is 123 Å². The van der Waals surface area contributed by atoms with E-state index < -0.39 is 0 Å². The van der Waals surface area contributed by atoms with Gasteiger partial charge >= 0.3 is 0 Å². The first-order valence-electron chi connectivity index (χ1n) is 6.94. The summed E-state index contributed by atoms with van der Waals surface area (Å²) in [5, 5.41) is 12.2. The highest BCUT2D eigenvalue weighted by molar-refractivity contribution is 5.47. The van der Waals surface area contributed by atoms with Crippen LogP contribution in [-0.2, 0) is 13.1 Å². The summed E-state index contributed by atoms with van der Waals surface area (Å²) in [6.45, 7) is 2.66. The maximum atomic E-state index is 8.77. The summed E-state index contributed by atoms with van der Waals surface area (Å²) in [5.41, 5.74) is 2.93. The van der Waals surface area contributed by atoms with E-state index in [1.807, 2.05) is 42.5 Å². The summed E-state index contributed by atoms with van der Waals surface area (Å²) < 4.78 is 11.3. The summed E-state index contributed by atoms with van der Waals surface area (Å²) in [5.74, 6) is 1.66. The van der Waals surface area contributed by atoms with Gasteiger partial charge in [-0.2, -0.15) is 5.26 Å². The second kappa shape index (κ2) is 6.29. The van der Waals surface area contributed by atoms with Crippen LogP contribution in [0.15, 0.2) is 42.5 Å². The van der Waals surface area contributed by atoms with E-state index >= 15 is 0 Å². The van der Waals surface area contributed by atoms with Crippen LogP contribution in [0.1, 0.15) is 16.7 Å². The zero-order valence-electron chi connectivity index (χ0n) is 11.6. The third kappa shape index (κ3) is 3.15. The number of ether oxygens (including phenoxy) is 2. The third-order valence-corrected chi connectivity index (χ3v) is 3.38. The minimum Gasteiger partial charge on any atom is -0.486 e. The molecule has 0 bridgehead atoms. The summed E-state index contributed by atoms with van der Waals surface area (Å²) in [4.78, 5) is 0. The van der Waals surface area contributed by atoms with Crippen molar-refractivity contribution >= 4 is 0 Å². The number of hydrogen-bond acceptors (Lipinski definition) is 4. The maximum absolute atomic E-state index is 8.77. The number of nitrogens with one attached hydrogen (secondary N) is 1. The molecule has 1 heterocycles. The molecule has 0 spiro atoms. The van der Waals surface area contributed by atoms with Crippen molar-refractivity contribution in [2.75, 3.05) is 13.2 Å². The Hall–Kier alpha value is -2.51. The van der Waals surface area contributed by atoms with Gasteiger partial charge in [0.2, 0.25) is 0 Å². The number of hydrogen-bond donors (Lipinski definition) is 1. The van der Waals surface area contributed by atoms with E-state index in [-0.39, 0.29) is 0 Å². The van der Waals surface area contributed by atoms with Crippen LogP contribution in [0.2, 0.25) is 0 Å². The van der Waals surface area contributed by atoms with Crippen LogP contribution in [0, 0.1) is 11.3 Å². The zero-order chi connectivity index (χ0) is 14.5. The summed E-state index contributed by atoms with van der Waals surface area (Å²) in [7, 11) is 0. The molecule has 2 aromatic carbocycles. The molecule has 4 nitrogen and oxygen atoms in total. The Morgan fingerprint density at radius 1 is 1.00 bits per heavy atom. The van der Waals surface area contributed by atoms with Crippen molar-refractivity contribution in [2.45, 2.75) is 13.1 Å². The van der Waals surface area contributed by atoms with Crippen molar-refractivity contribution in [2.24, 2.45) is 0 Å². The molecule has 1 aliphatic heterocycles. The molecule has 0 atom stereocenters. The van der Waals surface area contributed by atoms with E-state index in [4.69, 9.17) is 14.7 Å². The molecule has 4 heteroatoms. The van der Waals surface area contributed by atoms with Crippen LogP contribution in [0.4, 0.5) is 0 Å². The van der Waals surface area contributed by atoms with E-state index in [0.717, 1.165) is 29.2 Å². The Balaban J connectivity index is 1.61. The summed E-state index contributed by atoms with van der Waals surface area (Å²) in [6, 6.07) is 15.7. The van der Waals surface area contributed by atoms with Crippen LogP contribution in [0.3, 0.4) is 0 Å². The molecule has 0 amide bonds. The normalized spacial score (nSPS) is 12.7. The Bertz CT molecular complexity index is 659. The van der Waals surface area contributed by atoms with Gasteiger partial charge in [0.15, 0.2) is 11.5 Å². The lowest BCUT2D eigenvalue weighted by Crippen LogP contribution is -2.19. The Kier molecular flexibility index (Phi) is 4.04. The van der Waals surface area contributed by atoms with Crippen molar-refractivity contribution in [1.82, 2.24) is 5.32 Å². The largest absolute Gasteiger partial charge is 0.486 e. The lowest BCUT2D eigenvalue weighted by molar-refractivity contribution is 0.169. The van der Waals surface area contributed by atoms with Crippen LogP contribution in [0.25, 0.3) is 0 Å². The van der Waals surface area contributed by atoms with Gasteiger partial charge in [0.25, 0.3) is 0 Å². The molecule has 1 N–H and O–H groups in total. The first-order chi connectivity index (χ1) is 10.4. The number of nitriles is 1. The minimum atomic E-state index is 0.597. The van der Waals surface area contributed by atoms with Crippen LogP contribution >= 0.6 is 0 Å². The molecular weight excluding hydrogens is 264 g/mol. The second-order valence-corrected chi connectivity index (χ2v) is 4.85. The van der Waals surface area contributed by atoms with E-state index in [1.165, 1.54) is 0 Å². The lowest BCUT2D eigenvalue weighted by Gasteiger charge is -2.21. The first kappa shape index (κ1) is 13.5. The van der Waals surface area contributed by atoms with E-state index in [9.17, 15) is 0 Å². The van der Waals surface area contributed by atoms with Gasteiger partial charge in [-0.25, -0.2) is 0 Å². The van der Waals surface area contributed by atoms with Gasteiger partial charge in [0.05, 0.1) is 11.6 Å². The molecule has 1 aliphatic rings. The Morgan fingerprint density at radius 3 is 2.62 bits per heavy atom. The molecule has 2 aromatic rings. The monoisotopic (exact) mass is 280 g/mol. The van der Waals surface area contributed by atoms with Crippen LogP contribution < -0.4 is 14.8 Å². The number of benzene rings is 2. The van der Waals surface area contributed by atoms with Gasteiger partial charge in [0, 0.05) is 18.7 Å². The first-order valence-corrected chi connectivity index (χ1v) is 6.94. The molecule has 106 valence electrons. The van der Waals surface area contributed by atoms with Gasteiger partial charge in [0.1, 0.15) is 13.2 Å². The summed E-state index contributed by atoms with van der Waals surface area (Å²) in [6.07, 6.45) is 0. The van der Waals surface area contributed by atoms with E-state index in [0.29, 0.717) is 25.3 Å². The van der Waals surface area contributed by atoms with Crippen molar-refractivity contribution in [3.63, 3.8) is 0 Å².